The molecule has 2 saturated carbocycles. The van der Waals surface area contributed by atoms with E-state index < -0.39 is 22.8 Å². The third-order valence-electron chi connectivity index (χ3n) is 5.97. The van der Waals surface area contributed by atoms with Crippen molar-refractivity contribution in [3.8, 4) is 0 Å². The van der Waals surface area contributed by atoms with E-state index in [4.69, 9.17) is 11.6 Å². The highest BCUT2D eigenvalue weighted by Crippen LogP contribution is 2.40. The maximum Gasteiger partial charge on any atom is 0.421 e. The molecule has 0 aliphatic heterocycles. The van der Waals surface area contributed by atoms with Gasteiger partial charge in [-0.15, -0.1) is 0 Å². The molecular weight excluding hydrogens is 403 g/mol. The molecular formula is C21H23ClF3N3O. The molecule has 1 heterocycles. The van der Waals surface area contributed by atoms with Crippen molar-refractivity contribution >= 4 is 11.6 Å². The van der Waals surface area contributed by atoms with E-state index in [0.29, 0.717) is 10.7 Å². The molecule has 8 heteroatoms. The first kappa shape index (κ1) is 20.4. The van der Waals surface area contributed by atoms with Gasteiger partial charge in [0.1, 0.15) is 5.56 Å². The van der Waals surface area contributed by atoms with Gasteiger partial charge in [0.25, 0.3) is 5.56 Å². The fraction of sp³-hybridized carbons (Fsp3) is 0.524. The minimum atomic E-state index is -4.69. The second-order valence-electron chi connectivity index (χ2n) is 8.04. The van der Waals surface area contributed by atoms with Crippen LogP contribution < -0.4 is 10.9 Å². The zero-order valence-electron chi connectivity index (χ0n) is 15.9. The highest BCUT2D eigenvalue weighted by Gasteiger charge is 2.38. The SMILES string of the molecule is O=c1c(C(F)(F)F)cc(C2CC2)nn1CNC1(c2ccc(Cl)cc2)CCCCC1. The van der Waals surface area contributed by atoms with Crippen molar-refractivity contribution in [3.05, 3.63) is 62.5 Å². The van der Waals surface area contributed by atoms with Gasteiger partial charge in [-0.3, -0.25) is 10.1 Å². The first-order valence-electron chi connectivity index (χ1n) is 9.99. The number of halogens is 4. The van der Waals surface area contributed by atoms with Gasteiger partial charge in [-0.25, -0.2) is 4.68 Å². The highest BCUT2D eigenvalue weighted by atomic mass is 35.5. The summed E-state index contributed by atoms with van der Waals surface area (Å²) in [4.78, 5) is 12.5. The number of hydrogen-bond donors (Lipinski definition) is 1. The summed E-state index contributed by atoms with van der Waals surface area (Å²) in [5, 5.41) is 8.26. The summed E-state index contributed by atoms with van der Waals surface area (Å²) in [6, 6.07) is 8.44. The van der Waals surface area contributed by atoms with Crippen molar-refractivity contribution in [2.45, 2.75) is 69.2 Å². The topological polar surface area (TPSA) is 46.9 Å². The molecule has 1 aromatic heterocycles. The van der Waals surface area contributed by atoms with Crippen molar-refractivity contribution in [2.75, 3.05) is 0 Å². The second kappa shape index (κ2) is 7.76. The molecule has 29 heavy (non-hydrogen) atoms. The van der Waals surface area contributed by atoms with Gasteiger partial charge in [0.05, 0.1) is 12.4 Å². The van der Waals surface area contributed by atoms with Crippen LogP contribution in [0.3, 0.4) is 0 Å². The number of benzene rings is 1. The molecule has 4 nitrogen and oxygen atoms in total. The Bertz CT molecular complexity index is 930. The van der Waals surface area contributed by atoms with Crippen LogP contribution in [0.4, 0.5) is 13.2 Å². The van der Waals surface area contributed by atoms with Gasteiger partial charge in [0.15, 0.2) is 0 Å². The van der Waals surface area contributed by atoms with Crippen LogP contribution in [0.5, 0.6) is 0 Å². The lowest BCUT2D eigenvalue weighted by Gasteiger charge is -2.39. The Labute approximate surface area is 172 Å². The highest BCUT2D eigenvalue weighted by molar-refractivity contribution is 6.30. The average molecular weight is 426 g/mol. The van der Waals surface area contributed by atoms with E-state index in [1.807, 2.05) is 24.3 Å². The molecule has 4 rings (SSSR count). The van der Waals surface area contributed by atoms with Crippen molar-refractivity contribution in [2.24, 2.45) is 0 Å². The van der Waals surface area contributed by atoms with Crippen molar-refractivity contribution < 1.29 is 13.2 Å². The zero-order valence-corrected chi connectivity index (χ0v) is 16.7. The van der Waals surface area contributed by atoms with Gasteiger partial charge < -0.3 is 0 Å². The van der Waals surface area contributed by atoms with Gasteiger partial charge in [-0.1, -0.05) is 43.0 Å². The third-order valence-corrected chi connectivity index (χ3v) is 6.22. The lowest BCUT2D eigenvalue weighted by molar-refractivity contribution is -0.139. The summed E-state index contributed by atoms with van der Waals surface area (Å²) < 4.78 is 41.1. The van der Waals surface area contributed by atoms with E-state index in [0.717, 1.165) is 61.3 Å². The van der Waals surface area contributed by atoms with Crippen LogP contribution in [0.25, 0.3) is 0 Å². The number of alkyl halides is 3. The van der Waals surface area contributed by atoms with Crippen LogP contribution in [-0.2, 0) is 18.4 Å². The van der Waals surface area contributed by atoms with Gasteiger partial charge >= 0.3 is 6.18 Å². The predicted octanol–water partition coefficient (Wildman–Crippen LogP) is 5.20. The third kappa shape index (κ3) is 4.36. The molecule has 0 amide bonds. The van der Waals surface area contributed by atoms with E-state index >= 15 is 0 Å². The van der Waals surface area contributed by atoms with Gasteiger partial charge in [-0.2, -0.15) is 18.3 Å². The largest absolute Gasteiger partial charge is 0.421 e. The minimum Gasteiger partial charge on any atom is -0.288 e. The Morgan fingerprint density at radius 3 is 2.38 bits per heavy atom. The van der Waals surface area contributed by atoms with Gasteiger partial charge in [0.2, 0.25) is 0 Å². The normalized spacial score (nSPS) is 19.3. The molecule has 1 N–H and O–H groups in total. The molecule has 2 aromatic rings. The Morgan fingerprint density at radius 1 is 1.14 bits per heavy atom. The van der Waals surface area contributed by atoms with Crippen LogP contribution in [-0.4, -0.2) is 9.78 Å². The van der Waals surface area contributed by atoms with Crippen LogP contribution in [0, 0.1) is 0 Å². The first-order chi connectivity index (χ1) is 13.8. The Balaban J connectivity index is 1.66. The summed E-state index contributed by atoms with van der Waals surface area (Å²) in [6.45, 7) is -0.0644. The monoisotopic (exact) mass is 425 g/mol. The second-order valence-corrected chi connectivity index (χ2v) is 8.48. The molecule has 0 unspecified atom stereocenters. The Morgan fingerprint density at radius 2 is 1.79 bits per heavy atom. The maximum absolute atomic E-state index is 13.4. The van der Waals surface area contributed by atoms with E-state index in [-0.39, 0.29) is 12.6 Å². The molecule has 0 atom stereocenters. The predicted molar refractivity (Wildman–Crippen MR) is 105 cm³/mol. The van der Waals surface area contributed by atoms with E-state index in [9.17, 15) is 18.0 Å². The smallest absolute Gasteiger partial charge is 0.288 e. The minimum absolute atomic E-state index is 0.0165. The molecule has 0 spiro atoms. The van der Waals surface area contributed by atoms with Crippen LogP contribution in [0.2, 0.25) is 5.02 Å². The molecule has 2 aliphatic rings. The standard InChI is InChI=1S/C21H23ClF3N3O/c22-16-8-6-15(7-9-16)20(10-2-1-3-11-20)26-13-28-19(29)17(21(23,24)25)12-18(27-28)14-4-5-14/h6-9,12,14,26H,1-5,10-11,13H2. The summed E-state index contributed by atoms with van der Waals surface area (Å²) >= 11 is 6.02. The number of nitrogens with one attached hydrogen (secondary N) is 1. The Kier molecular flexibility index (Phi) is 5.46. The number of rotatable bonds is 5. The number of hydrogen-bond acceptors (Lipinski definition) is 3. The van der Waals surface area contributed by atoms with Crippen molar-refractivity contribution in [1.29, 1.82) is 0 Å². The summed E-state index contributed by atoms with van der Waals surface area (Å²) in [6.07, 6.45) is 1.75. The van der Waals surface area contributed by atoms with Crippen LogP contribution in [0.15, 0.2) is 35.1 Å². The average Bonchev–Trinajstić information content (AvgIpc) is 3.53. The Hall–Kier alpha value is -1.86. The summed E-state index contributed by atoms with van der Waals surface area (Å²) in [5.41, 5.74) is -1.26. The fourth-order valence-corrected chi connectivity index (χ4v) is 4.30. The number of aromatic nitrogens is 2. The lowest BCUT2D eigenvalue weighted by Crippen LogP contribution is -2.47. The summed E-state index contributed by atoms with van der Waals surface area (Å²) in [5.74, 6) is 0.0165. The molecule has 2 aliphatic carbocycles. The molecule has 156 valence electrons. The van der Waals surface area contributed by atoms with E-state index in [2.05, 4.69) is 10.4 Å². The fourth-order valence-electron chi connectivity index (χ4n) is 4.17. The quantitative estimate of drug-likeness (QED) is 0.716. The van der Waals surface area contributed by atoms with E-state index in [1.54, 1.807) is 0 Å². The molecule has 0 bridgehead atoms. The van der Waals surface area contributed by atoms with Crippen LogP contribution in [0.1, 0.15) is 67.7 Å². The van der Waals surface area contributed by atoms with Crippen LogP contribution >= 0.6 is 11.6 Å². The molecule has 2 fully saturated rings. The van der Waals surface area contributed by atoms with Gasteiger partial charge in [0, 0.05) is 16.5 Å². The van der Waals surface area contributed by atoms with Crippen molar-refractivity contribution in [1.82, 2.24) is 15.1 Å². The zero-order chi connectivity index (χ0) is 20.6. The molecule has 0 saturated heterocycles. The van der Waals surface area contributed by atoms with E-state index in [1.165, 1.54) is 0 Å². The number of nitrogens with zero attached hydrogens (tertiary/aromatic N) is 2. The summed E-state index contributed by atoms with van der Waals surface area (Å²) in [7, 11) is 0. The molecule has 0 radical (unpaired) electrons. The lowest BCUT2D eigenvalue weighted by atomic mass is 9.76. The molecule has 1 aromatic carbocycles. The van der Waals surface area contributed by atoms with Crippen molar-refractivity contribution in [3.63, 3.8) is 0 Å². The first-order valence-corrected chi connectivity index (χ1v) is 10.4. The van der Waals surface area contributed by atoms with Gasteiger partial charge in [-0.05, 0) is 49.4 Å². The maximum atomic E-state index is 13.4.